The Labute approximate surface area is 146 Å². The number of nitrogens with zero attached hydrogens (tertiary/aromatic N) is 2. The molecule has 2 saturated heterocycles. The number of amides is 4. The molecule has 4 amide bonds. The highest BCUT2D eigenvalue weighted by molar-refractivity contribution is 7.81. The Morgan fingerprint density at radius 2 is 1.71 bits per heavy atom. The Kier molecular flexibility index (Phi) is 6.09. The van der Waals surface area contributed by atoms with Crippen LogP contribution in [0.25, 0.3) is 0 Å². The standard InChI is InChI=1S/C15H24N4O4S/c1-9(13(16)21)17-14(22)10-4-2-7-19(10)15(23)11-5-3-6-18(11)12(20)8-24/h9-11,24H,2-8H2,1H3,(H2,16,21)(H,17,22)/t9-,10-,11-/m0/s1. The Morgan fingerprint density at radius 3 is 2.29 bits per heavy atom. The van der Waals surface area contributed by atoms with Crippen molar-refractivity contribution >= 4 is 36.3 Å². The van der Waals surface area contributed by atoms with Crippen LogP contribution in [0, 0.1) is 0 Å². The van der Waals surface area contributed by atoms with Crippen molar-refractivity contribution in [2.24, 2.45) is 5.73 Å². The van der Waals surface area contributed by atoms with Crippen molar-refractivity contribution in [1.82, 2.24) is 15.1 Å². The molecule has 2 rings (SSSR count). The number of primary amides is 1. The molecular formula is C15H24N4O4S. The van der Waals surface area contributed by atoms with Gasteiger partial charge in [-0.1, -0.05) is 0 Å². The predicted molar refractivity (Wildman–Crippen MR) is 90.1 cm³/mol. The highest BCUT2D eigenvalue weighted by Crippen LogP contribution is 2.25. The second kappa shape index (κ2) is 7.87. The largest absolute Gasteiger partial charge is 0.368 e. The number of likely N-dealkylation sites (tertiary alicyclic amines) is 2. The van der Waals surface area contributed by atoms with Crippen molar-refractivity contribution in [2.45, 2.75) is 50.7 Å². The molecule has 0 spiro atoms. The van der Waals surface area contributed by atoms with E-state index in [4.69, 9.17) is 5.73 Å². The molecule has 134 valence electrons. The Hall–Kier alpha value is -1.77. The molecule has 0 aromatic rings. The number of nitrogens with one attached hydrogen (secondary N) is 1. The van der Waals surface area contributed by atoms with Crippen LogP contribution in [0.1, 0.15) is 32.6 Å². The van der Waals surface area contributed by atoms with E-state index in [1.165, 1.54) is 11.8 Å². The number of carbonyl (C=O) groups is 4. The van der Waals surface area contributed by atoms with E-state index in [9.17, 15) is 19.2 Å². The minimum Gasteiger partial charge on any atom is -0.368 e. The molecule has 3 atom stereocenters. The molecule has 0 aliphatic carbocycles. The van der Waals surface area contributed by atoms with Crippen LogP contribution in [0.5, 0.6) is 0 Å². The number of thiol groups is 1. The van der Waals surface area contributed by atoms with Gasteiger partial charge in [-0.25, -0.2) is 0 Å². The van der Waals surface area contributed by atoms with Crippen molar-refractivity contribution in [3.63, 3.8) is 0 Å². The van der Waals surface area contributed by atoms with Crippen molar-refractivity contribution in [3.8, 4) is 0 Å². The maximum absolute atomic E-state index is 12.8. The first-order valence-electron chi connectivity index (χ1n) is 8.17. The van der Waals surface area contributed by atoms with E-state index in [0.717, 1.165) is 6.42 Å². The van der Waals surface area contributed by atoms with E-state index in [1.807, 2.05) is 0 Å². The molecule has 2 fully saturated rings. The molecule has 3 N–H and O–H groups in total. The van der Waals surface area contributed by atoms with Gasteiger partial charge in [-0.05, 0) is 32.6 Å². The van der Waals surface area contributed by atoms with E-state index in [2.05, 4.69) is 17.9 Å². The minimum absolute atomic E-state index is 0.0593. The zero-order chi connectivity index (χ0) is 17.9. The summed E-state index contributed by atoms with van der Waals surface area (Å²) in [5, 5.41) is 2.54. The molecular weight excluding hydrogens is 332 g/mol. The van der Waals surface area contributed by atoms with Crippen molar-refractivity contribution < 1.29 is 19.2 Å². The number of hydrogen-bond acceptors (Lipinski definition) is 5. The van der Waals surface area contributed by atoms with Gasteiger partial charge in [0.05, 0.1) is 5.75 Å². The monoisotopic (exact) mass is 356 g/mol. The van der Waals surface area contributed by atoms with E-state index < -0.39 is 24.0 Å². The predicted octanol–water partition coefficient (Wildman–Crippen LogP) is -1.11. The summed E-state index contributed by atoms with van der Waals surface area (Å²) < 4.78 is 0. The number of carbonyl (C=O) groups excluding carboxylic acids is 4. The van der Waals surface area contributed by atoms with Crippen LogP contribution < -0.4 is 11.1 Å². The normalized spacial score (nSPS) is 24.8. The first-order valence-corrected chi connectivity index (χ1v) is 8.80. The summed E-state index contributed by atoms with van der Waals surface area (Å²) in [4.78, 5) is 51.3. The minimum atomic E-state index is -0.788. The van der Waals surface area contributed by atoms with Gasteiger partial charge in [0.1, 0.15) is 18.1 Å². The van der Waals surface area contributed by atoms with Crippen molar-refractivity contribution in [2.75, 3.05) is 18.8 Å². The van der Waals surface area contributed by atoms with Gasteiger partial charge in [-0.3, -0.25) is 19.2 Å². The first kappa shape index (κ1) is 18.6. The van der Waals surface area contributed by atoms with Crippen LogP contribution in [0.3, 0.4) is 0 Å². The first-order chi connectivity index (χ1) is 11.4. The average molecular weight is 356 g/mol. The third-order valence-electron chi connectivity index (χ3n) is 4.62. The smallest absolute Gasteiger partial charge is 0.246 e. The lowest BCUT2D eigenvalue weighted by Crippen LogP contribution is -2.55. The molecule has 0 aromatic carbocycles. The maximum atomic E-state index is 12.8. The van der Waals surface area contributed by atoms with Crippen LogP contribution in [0.2, 0.25) is 0 Å². The third kappa shape index (κ3) is 3.82. The summed E-state index contributed by atoms with van der Waals surface area (Å²) >= 11 is 3.99. The Morgan fingerprint density at radius 1 is 1.12 bits per heavy atom. The van der Waals surface area contributed by atoms with Gasteiger partial charge in [0.2, 0.25) is 23.6 Å². The topological polar surface area (TPSA) is 113 Å². The summed E-state index contributed by atoms with van der Waals surface area (Å²) in [6.45, 7) is 2.52. The van der Waals surface area contributed by atoms with Crippen LogP contribution >= 0.6 is 12.6 Å². The van der Waals surface area contributed by atoms with Gasteiger partial charge in [0, 0.05) is 13.1 Å². The number of nitrogens with two attached hydrogens (primary N) is 1. The molecule has 2 heterocycles. The van der Waals surface area contributed by atoms with E-state index in [-0.39, 0.29) is 23.5 Å². The molecule has 9 heteroatoms. The van der Waals surface area contributed by atoms with Crippen molar-refractivity contribution in [1.29, 1.82) is 0 Å². The summed E-state index contributed by atoms with van der Waals surface area (Å²) in [7, 11) is 0. The molecule has 0 bridgehead atoms. The summed E-state index contributed by atoms with van der Waals surface area (Å²) in [6, 6.07) is -1.93. The molecule has 0 unspecified atom stereocenters. The fraction of sp³-hybridized carbons (Fsp3) is 0.733. The number of rotatable bonds is 5. The summed E-state index contributed by atoms with van der Waals surface area (Å²) in [5.41, 5.74) is 5.16. The Bertz CT molecular complexity index is 542. The maximum Gasteiger partial charge on any atom is 0.246 e. The lowest BCUT2D eigenvalue weighted by molar-refractivity contribution is -0.146. The van der Waals surface area contributed by atoms with Gasteiger partial charge in [-0.2, -0.15) is 12.6 Å². The molecule has 0 aromatic heterocycles. The molecule has 2 aliphatic heterocycles. The highest BCUT2D eigenvalue weighted by atomic mass is 32.1. The van der Waals surface area contributed by atoms with Crippen LogP contribution in [0.4, 0.5) is 0 Å². The van der Waals surface area contributed by atoms with Gasteiger partial charge < -0.3 is 20.9 Å². The van der Waals surface area contributed by atoms with E-state index in [1.54, 1.807) is 4.90 Å². The van der Waals surface area contributed by atoms with Gasteiger partial charge >= 0.3 is 0 Å². The van der Waals surface area contributed by atoms with Gasteiger partial charge in [-0.15, -0.1) is 0 Å². The molecule has 2 aliphatic rings. The summed E-state index contributed by atoms with van der Waals surface area (Å²) in [6.07, 6.45) is 2.61. The van der Waals surface area contributed by atoms with Crippen LogP contribution in [-0.2, 0) is 19.2 Å². The van der Waals surface area contributed by atoms with Crippen LogP contribution in [-0.4, -0.2) is 70.4 Å². The SMILES string of the molecule is C[C@H](NC(=O)[C@@H]1CCCN1C(=O)[C@@H]1CCCN1C(=O)CS)C(N)=O. The number of hydrogen-bond donors (Lipinski definition) is 3. The molecule has 0 radical (unpaired) electrons. The molecule has 8 nitrogen and oxygen atoms in total. The lowest BCUT2D eigenvalue weighted by Gasteiger charge is -2.31. The van der Waals surface area contributed by atoms with Gasteiger partial charge in [0.15, 0.2) is 0 Å². The zero-order valence-electron chi connectivity index (χ0n) is 13.7. The average Bonchev–Trinajstić information content (AvgIpc) is 3.22. The quantitative estimate of drug-likeness (QED) is 0.542. The van der Waals surface area contributed by atoms with Crippen molar-refractivity contribution in [3.05, 3.63) is 0 Å². The van der Waals surface area contributed by atoms with Crippen LogP contribution in [0.15, 0.2) is 0 Å². The molecule has 24 heavy (non-hydrogen) atoms. The second-order valence-corrected chi connectivity index (χ2v) is 6.54. The molecule has 0 saturated carbocycles. The Balaban J connectivity index is 2.06. The second-order valence-electron chi connectivity index (χ2n) is 6.23. The van der Waals surface area contributed by atoms with Gasteiger partial charge in [0.25, 0.3) is 0 Å². The summed E-state index contributed by atoms with van der Waals surface area (Å²) in [5.74, 6) is -1.31. The van der Waals surface area contributed by atoms with E-state index in [0.29, 0.717) is 32.4 Å². The zero-order valence-corrected chi connectivity index (χ0v) is 14.6. The fourth-order valence-electron chi connectivity index (χ4n) is 3.29. The lowest BCUT2D eigenvalue weighted by atomic mass is 10.1. The fourth-order valence-corrected chi connectivity index (χ4v) is 3.47. The van der Waals surface area contributed by atoms with E-state index >= 15 is 0 Å². The highest BCUT2D eigenvalue weighted by Gasteiger charge is 2.42. The third-order valence-corrected chi connectivity index (χ3v) is 4.89.